The summed E-state index contributed by atoms with van der Waals surface area (Å²) in [6, 6.07) is 8.64. The molecule has 0 aromatic heterocycles. The zero-order valence-corrected chi connectivity index (χ0v) is 32.9. The maximum atomic E-state index is 5.43. The number of rotatable bonds is 9. The summed E-state index contributed by atoms with van der Waals surface area (Å²) in [5, 5.41) is 6.58. The molecule has 4 aliphatic rings. The van der Waals surface area contributed by atoms with Crippen LogP contribution in [0.4, 0.5) is 0 Å². The van der Waals surface area contributed by atoms with E-state index in [0.29, 0.717) is 18.1 Å². The van der Waals surface area contributed by atoms with Gasteiger partial charge in [-0.05, 0) is 74.1 Å². The molecular formula is C35H56Br3N3S2. The minimum Gasteiger partial charge on any atom is -0.362 e. The van der Waals surface area contributed by atoms with E-state index in [4.69, 9.17) is 9.98 Å². The molecule has 3 nitrogen and oxygen atoms in total. The maximum absolute atomic E-state index is 5.43. The topological polar surface area (TPSA) is 36.8 Å². The first-order valence-corrected chi connectivity index (χ1v) is 19.9. The molecule has 0 unspecified atom stereocenters. The zero-order chi connectivity index (χ0) is 28.1. The largest absolute Gasteiger partial charge is 0.362 e. The monoisotopic (exact) mass is 819 g/mol. The second-order valence-electron chi connectivity index (χ2n) is 13.2. The molecule has 1 N–H and O–H groups in total. The maximum Gasteiger partial charge on any atom is 0.157 e. The third-order valence-corrected chi connectivity index (χ3v) is 12.3. The average molecular weight is 823 g/mol. The summed E-state index contributed by atoms with van der Waals surface area (Å²) in [7, 11) is 0. The van der Waals surface area contributed by atoms with Crippen molar-refractivity contribution in [2.24, 2.45) is 15.9 Å². The lowest BCUT2D eigenvalue weighted by atomic mass is 9.87. The lowest BCUT2D eigenvalue weighted by molar-refractivity contribution is 0.368. The zero-order valence-electron chi connectivity index (χ0n) is 26.2. The van der Waals surface area contributed by atoms with Crippen molar-refractivity contribution in [3.63, 3.8) is 0 Å². The van der Waals surface area contributed by atoms with Crippen molar-refractivity contribution < 1.29 is 0 Å². The normalized spacial score (nSPS) is 22.1. The SMILES string of the molecule is Br.Br.Brc1ccc(CSC(=NC2CCCCC2)NC2CCCCC2)c(CSC(CC2CCCCC2)=NC2CCCCC2)c1. The van der Waals surface area contributed by atoms with Crippen molar-refractivity contribution in [3.05, 3.63) is 33.8 Å². The highest BCUT2D eigenvalue weighted by molar-refractivity contribution is 9.10. The summed E-state index contributed by atoms with van der Waals surface area (Å²) in [5.41, 5.74) is 2.92. The Balaban J connectivity index is 0.00000253. The highest BCUT2D eigenvalue weighted by Gasteiger charge is 2.21. The summed E-state index contributed by atoms with van der Waals surface area (Å²) in [6.07, 6.45) is 28.3. The first kappa shape index (κ1) is 38.0. The predicted octanol–water partition coefficient (Wildman–Crippen LogP) is 12.4. The number of nitrogens with zero attached hydrogens (tertiary/aromatic N) is 2. The fourth-order valence-corrected chi connectivity index (χ4v) is 9.92. The third kappa shape index (κ3) is 13.6. The van der Waals surface area contributed by atoms with E-state index < -0.39 is 0 Å². The van der Waals surface area contributed by atoms with Crippen LogP contribution >= 0.6 is 73.4 Å². The van der Waals surface area contributed by atoms with E-state index in [2.05, 4.69) is 51.2 Å². The average Bonchev–Trinajstić information content (AvgIpc) is 3.01. The van der Waals surface area contributed by atoms with Gasteiger partial charge in [0.1, 0.15) is 0 Å². The smallest absolute Gasteiger partial charge is 0.157 e. The second-order valence-corrected chi connectivity index (χ2v) is 16.1. The Morgan fingerprint density at radius 2 is 1.19 bits per heavy atom. The molecule has 5 rings (SSSR count). The molecule has 4 saturated carbocycles. The third-order valence-electron chi connectivity index (χ3n) is 9.82. The summed E-state index contributed by atoms with van der Waals surface area (Å²) in [4.78, 5) is 10.8. The molecule has 0 radical (unpaired) electrons. The van der Waals surface area contributed by atoms with Gasteiger partial charge >= 0.3 is 0 Å². The van der Waals surface area contributed by atoms with Crippen LogP contribution in [0, 0.1) is 5.92 Å². The molecule has 4 aliphatic carbocycles. The fraction of sp³-hybridized carbons (Fsp3) is 0.771. The molecule has 1 aromatic rings. The van der Waals surface area contributed by atoms with Crippen LogP contribution in [0.3, 0.4) is 0 Å². The van der Waals surface area contributed by atoms with Crippen molar-refractivity contribution in [2.45, 2.75) is 164 Å². The lowest BCUT2D eigenvalue weighted by Crippen LogP contribution is -2.35. The van der Waals surface area contributed by atoms with Gasteiger partial charge in [-0.3, -0.25) is 9.98 Å². The molecule has 0 amide bonds. The van der Waals surface area contributed by atoms with Gasteiger partial charge in [-0.25, -0.2) is 0 Å². The van der Waals surface area contributed by atoms with Crippen LogP contribution in [0.15, 0.2) is 32.7 Å². The van der Waals surface area contributed by atoms with Gasteiger partial charge in [-0.1, -0.05) is 124 Å². The van der Waals surface area contributed by atoms with Crippen LogP contribution in [0.25, 0.3) is 0 Å². The van der Waals surface area contributed by atoms with E-state index in [1.54, 1.807) is 0 Å². The van der Waals surface area contributed by atoms with Crippen LogP contribution in [0.2, 0.25) is 0 Å². The van der Waals surface area contributed by atoms with E-state index in [-0.39, 0.29) is 34.0 Å². The van der Waals surface area contributed by atoms with Crippen LogP contribution in [0.1, 0.15) is 146 Å². The predicted molar refractivity (Wildman–Crippen MR) is 207 cm³/mol. The molecule has 43 heavy (non-hydrogen) atoms. The van der Waals surface area contributed by atoms with Crippen molar-refractivity contribution in [3.8, 4) is 0 Å². The van der Waals surface area contributed by atoms with Crippen molar-refractivity contribution >= 4 is 83.6 Å². The van der Waals surface area contributed by atoms with Crippen LogP contribution < -0.4 is 5.32 Å². The molecule has 0 saturated heterocycles. The number of thioether (sulfide) groups is 2. The molecule has 0 aliphatic heterocycles. The molecule has 8 heteroatoms. The number of amidine groups is 1. The van der Waals surface area contributed by atoms with Gasteiger partial charge in [0.2, 0.25) is 0 Å². The Morgan fingerprint density at radius 3 is 1.81 bits per heavy atom. The van der Waals surface area contributed by atoms with Crippen molar-refractivity contribution in [1.29, 1.82) is 0 Å². The number of aliphatic imine (C=N–C) groups is 2. The number of hydrogen-bond acceptors (Lipinski definition) is 4. The number of benzene rings is 1. The number of hydrogen-bond donors (Lipinski definition) is 1. The van der Waals surface area contributed by atoms with Crippen molar-refractivity contribution in [2.75, 3.05) is 0 Å². The van der Waals surface area contributed by atoms with Gasteiger partial charge < -0.3 is 5.32 Å². The van der Waals surface area contributed by atoms with E-state index >= 15 is 0 Å². The summed E-state index contributed by atoms with van der Waals surface area (Å²) in [5.74, 6) is 2.87. The number of nitrogens with one attached hydrogen (secondary N) is 1. The minimum absolute atomic E-state index is 0. The lowest BCUT2D eigenvalue weighted by Gasteiger charge is -2.26. The van der Waals surface area contributed by atoms with Gasteiger partial charge in [0.15, 0.2) is 5.17 Å². The van der Waals surface area contributed by atoms with Gasteiger partial charge in [0, 0.05) is 22.0 Å². The molecule has 0 atom stereocenters. The summed E-state index contributed by atoms with van der Waals surface area (Å²) in [6.45, 7) is 0. The summed E-state index contributed by atoms with van der Waals surface area (Å²) >= 11 is 7.80. The first-order valence-electron chi connectivity index (χ1n) is 17.1. The second kappa shape index (κ2) is 21.4. The minimum atomic E-state index is 0. The highest BCUT2D eigenvalue weighted by atomic mass is 79.9. The Morgan fingerprint density at radius 1 is 0.651 bits per heavy atom. The molecule has 0 heterocycles. The Kier molecular flexibility index (Phi) is 18.9. The first-order chi connectivity index (χ1) is 20.2. The standard InChI is InChI=1S/C35H54BrN3S2.2BrH/c36-30-22-21-28(25-41-35(38-32-17-9-3-10-18-32)39-33-19-11-4-12-20-33)29(24-30)26-40-34(23-27-13-5-1-6-14-27)37-31-15-7-2-8-16-31;;/h21-22,24,27,31-33H,1-20,23,25-26H2,(H,38,39);2*1H. The van der Waals surface area contributed by atoms with E-state index in [0.717, 1.165) is 17.4 Å². The van der Waals surface area contributed by atoms with Gasteiger partial charge in [0.05, 0.1) is 17.1 Å². The van der Waals surface area contributed by atoms with E-state index in [1.165, 1.54) is 161 Å². The Bertz CT molecular complexity index is 981. The van der Waals surface area contributed by atoms with Gasteiger partial charge in [0.25, 0.3) is 0 Å². The van der Waals surface area contributed by atoms with Gasteiger partial charge in [-0.2, -0.15) is 0 Å². The Labute approximate surface area is 300 Å². The van der Waals surface area contributed by atoms with Crippen LogP contribution in [-0.2, 0) is 11.5 Å². The molecule has 0 spiro atoms. The van der Waals surface area contributed by atoms with Crippen molar-refractivity contribution in [1.82, 2.24) is 5.32 Å². The fourth-order valence-electron chi connectivity index (χ4n) is 7.29. The molecule has 1 aromatic carbocycles. The Hall–Kier alpha value is 0.500. The number of halogens is 3. The van der Waals surface area contributed by atoms with Gasteiger partial charge in [-0.15, -0.1) is 45.7 Å². The quantitative estimate of drug-likeness (QED) is 0.199. The molecule has 244 valence electrons. The highest BCUT2D eigenvalue weighted by Crippen LogP contribution is 2.33. The van der Waals surface area contributed by atoms with Crippen LogP contribution in [-0.4, -0.2) is 28.3 Å². The summed E-state index contributed by atoms with van der Waals surface area (Å²) < 4.78 is 1.19. The molecule has 0 bridgehead atoms. The molecule has 4 fully saturated rings. The molecular weight excluding hydrogens is 766 g/mol. The van der Waals surface area contributed by atoms with Crippen LogP contribution in [0.5, 0.6) is 0 Å². The van der Waals surface area contributed by atoms with E-state index in [1.807, 2.05) is 11.8 Å². The van der Waals surface area contributed by atoms with E-state index in [9.17, 15) is 0 Å².